The molecular weight excluding hydrogens is 827 g/mol. The van der Waals surface area contributed by atoms with E-state index < -0.39 is 12.1 Å². The van der Waals surface area contributed by atoms with Gasteiger partial charge in [0, 0.05) is 12.8 Å². The summed E-state index contributed by atoms with van der Waals surface area (Å²) >= 11 is 0. The number of carbonyl (C=O) groups excluding carboxylic acids is 2. The summed E-state index contributed by atoms with van der Waals surface area (Å²) in [6.45, 7) is 4.95. The van der Waals surface area contributed by atoms with Gasteiger partial charge in [-0.05, 0) is 25.7 Å². The highest BCUT2D eigenvalue weighted by molar-refractivity contribution is 5.76. The third kappa shape index (κ3) is 54.0. The molecule has 0 fully saturated rings. The Morgan fingerprint density at radius 1 is 0.358 bits per heavy atom. The van der Waals surface area contributed by atoms with Gasteiger partial charge in [-0.3, -0.25) is 9.59 Å². The van der Waals surface area contributed by atoms with Crippen LogP contribution in [0.15, 0.2) is 0 Å². The van der Waals surface area contributed by atoms with Crippen LogP contribution in [0.2, 0.25) is 0 Å². The number of esters is 1. The number of amides is 1. The van der Waals surface area contributed by atoms with Gasteiger partial charge in [0.05, 0.1) is 25.4 Å². The number of ether oxygens (including phenoxy) is 1. The summed E-state index contributed by atoms with van der Waals surface area (Å²) in [4.78, 5) is 24.6. The van der Waals surface area contributed by atoms with Crippen LogP contribution in [-0.4, -0.2) is 47.4 Å². The maximum absolute atomic E-state index is 12.5. The van der Waals surface area contributed by atoms with E-state index in [2.05, 4.69) is 19.2 Å². The van der Waals surface area contributed by atoms with Crippen LogP contribution in [0.3, 0.4) is 0 Å². The van der Waals surface area contributed by atoms with E-state index in [9.17, 15) is 19.8 Å². The van der Waals surface area contributed by atoms with Gasteiger partial charge in [-0.2, -0.15) is 0 Å². The van der Waals surface area contributed by atoms with E-state index in [0.717, 1.165) is 57.8 Å². The molecule has 400 valence electrons. The molecule has 0 saturated carbocycles. The fourth-order valence-electron chi connectivity index (χ4n) is 9.94. The lowest BCUT2D eigenvalue weighted by Crippen LogP contribution is -2.45. The van der Waals surface area contributed by atoms with Crippen molar-refractivity contribution in [1.29, 1.82) is 0 Å². The molecule has 6 heteroatoms. The second-order valence-electron chi connectivity index (χ2n) is 21.4. The number of unbranched alkanes of at least 4 members (excludes halogenated alkanes) is 47. The average molecular weight is 949 g/mol. The monoisotopic (exact) mass is 948 g/mol. The van der Waals surface area contributed by atoms with Crippen molar-refractivity contribution < 1.29 is 24.5 Å². The second kappa shape index (κ2) is 57.4. The van der Waals surface area contributed by atoms with E-state index in [0.29, 0.717) is 25.9 Å². The van der Waals surface area contributed by atoms with Gasteiger partial charge in [0.2, 0.25) is 5.91 Å². The van der Waals surface area contributed by atoms with Gasteiger partial charge in [0.15, 0.2) is 0 Å². The third-order valence-electron chi connectivity index (χ3n) is 14.7. The van der Waals surface area contributed by atoms with Crippen LogP contribution in [0.1, 0.15) is 354 Å². The summed E-state index contributed by atoms with van der Waals surface area (Å²) in [6, 6.07) is -0.555. The largest absolute Gasteiger partial charge is 0.466 e. The van der Waals surface area contributed by atoms with Crippen molar-refractivity contribution in [2.24, 2.45) is 0 Å². The van der Waals surface area contributed by atoms with Crippen molar-refractivity contribution in [2.75, 3.05) is 13.2 Å². The Morgan fingerprint density at radius 2 is 0.612 bits per heavy atom. The number of aliphatic hydroxyl groups is 2. The Labute approximate surface area is 419 Å². The third-order valence-corrected chi connectivity index (χ3v) is 14.7. The summed E-state index contributed by atoms with van der Waals surface area (Å²) < 4.78 is 5.48. The summed E-state index contributed by atoms with van der Waals surface area (Å²) in [6.07, 6.45) is 66.7. The highest BCUT2D eigenvalue weighted by Crippen LogP contribution is 2.18. The zero-order valence-corrected chi connectivity index (χ0v) is 45.7. The van der Waals surface area contributed by atoms with Crippen molar-refractivity contribution in [3.63, 3.8) is 0 Å². The van der Waals surface area contributed by atoms with Crippen LogP contribution >= 0.6 is 0 Å². The Balaban J connectivity index is 3.43. The Bertz CT molecular complexity index is 959. The van der Waals surface area contributed by atoms with Crippen molar-refractivity contribution in [1.82, 2.24) is 5.32 Å². The molecule has 6 nitrogen and oxygen atoms in total. The summed E-state index contributed by atoms with van der Waals surface area (Å²) in [7, 11) is 0. The number of nitrogens with one attached hydrogen (secondary N) is 1. The quantitative estimate of drug-likeness (QED) is 0.0417. The molecule has 0 aromatic rings. The van der Waals surface area contributed by atoms with Crippen LogP contribution in [0.4, 0.5) is 0 Å². The molecule has 0 bridgehead atoms. The van der Waals surface area contributed by atoms with Crippen molar-refractivity contribution >= 4 is 11.9 Å². The highest BCUT2D eigenvalue weighted by atomic mass is 16.5. The zero-order chi connectivity index (χ0) is 48.6. The minimum Gasteiger partial charge on any atom is -0.466 e. The first-order chi connectivity index (χ1) is 33.0. The van der Waals surface area contributed by atoms with Crippen molar-refractivity contribution in [3.05, 3.63) is 0 Å². The predicted octanol–water partition coefficient (Wildman–Crippen LogP) is 19.1. The number of carbonyl (C=O) groups is 2. The zero-order valence-electron chi connectivity index (χ0n) is 45.7. The fourth-order valence-corrected chi connectivity index (χ4v) is 9.94. The number of hydrogen-bond acceptors (Lipinski definition) is 5. The number of hydrogen-bond donors (Lipinski definition) is 3. The Morgan fingerprint density at radius 3 is 0.910 bits per heavy atom. The minimum atomic E-state index is -0.676. The van der Waals surface area contributed by atoms with Gasteiger partial charge < -0.3 is 20.3 Å². The molecule has 0 aliphatic heterocycles. The molecule has 0 aliphatic carbocycles. The van der Waals surface area contributed by atoms with E-state index in [1.807, 2.05) is 0 Å². The predicted molar refractivity (Wildman–Crippen MR) is 292 cm³/mol. The lowest BCUT2D eigenvalue weighted by molar-refractivity contribution is -0.143. The molecule has 0 spiro atoms. The molecule has 0 radical (unpaired) electrons. The molecule has 2 unspecified atom stereocenters. The molecule has 0 aliphatic rings. The first-order valence-electron chi connectivity index (χ1n) is 30.8. The molecule has 0 aromatic carbocycles. The van der Waals surface area contributed by atoms with E-state index in [1.165, 1.54) is 263 Å². The molecule has 67 heavy (non-hydrogen) atoms. The smallest absolute Gasteiger partial charge is 0.305 e. The first kappa shape index (κ1) is 65.9. The maximum Gasteiger partial charge on any atom is 0.305 e. The molecule has 0 aromatic heterocycles. The maximum atomic E-state index is 12.5. The van der Waals surface area contributed by atoms with E-state index in [-0.39, 0.29) is 18.5 Å². The topological polar surface area (TPSA) is 95.9 Å². The summed E-state index contributed by atoms with van der Waals surface area (Å²) in [5, 5.41) is 23.4. The van der Waals surface area contributed by atoms with Crippen molar-refractivity contribution in [3.8, 4) is 0 Å². The minimum absolute atomic E-state index is 0.00796. The lowest BCUT2D eigenvalue weighted by Gasteiger charge is -2.22. The highest BCUT2D eigenvalue weighted by Gasteiger charge is 2.20. The Kier molecular flexibility index (Phi) is 56.5. The van der Waals surface area contributed by atoms with Crippen LogP contribution in [-0.2, 0) is 14.3 Å². The fraction of sp³-hybridized carbons (Fsp3) is 0.967. The summed E-state index contributed by atoms with van der Waals surface area (Å²) in [5.74, 6) is -0.0565. The van der Waals surface area contributed by atoms with Gasteiger partial charge >= 0.3 is 5.97 Å². The van der Waals surface area contributed by atoms with Gasteiger partial charge in [-0.15, -0.1) is 0 Å². The number of rotatable bonds is 58. The van der Waals surface area contributed by atoms with Crippen LogP contribution in [0.5, 0.6) is 0 Å². The molecule has 0 saturated heterocycles. The van der Waals surface area contributed by atoms with Crippen LogP contribution in [0, 0.1) is 0 Å². The van der Waals surface area contributed by atoms with E-state index in [4.69, 9.17) is 4.74 Å². The standard InChI is InChI=1S/C61H121NO5/c1-3-5-7-9-11-13-15-17-19-21-22-23-24-25-27-28-30-33-37-41-45-49-53-59(64)58(57-63)62-60(65)54-50-46-42-38-34-32-36-40-44-48-52-56-67-61(66)55-51-47-43-39-35-31-29-26-20-18-16-14-12-10-8-6-4-2/h58-59,63-64H,3-57H2,1-2H3,(H,62,65). The van der Waals surface area contributed by atoms with Crippen LogP contribution < -0.4 is 5.32 Å². The SMILES string of the molecule is CCCCCCCCCCCCCCCCCCCCCCCCC(O)C(CO)NC(=O)CCCCCCCCCCCCCOC(=O)CCCCCCCCCCCCCCCCCCC. The number of aliphatic hydroxyl groups excluding tert-OH is 2. The Hall–Kier alpha value is -1.14. The van der Waals surface area contributed by atoms with E-state index >= 15 is 0 Å². The average Bonchev–Trinajstić information content (AvgIpc) is 3.33. The lowest BCUT2D eigenvalue weighted by atomic mass is 10.0. The van der Waals surface area contributed by atoms with Gasteiger partial charge in [0.25, 0.3) is 0 Å². The van der Waals surface area contributed by atoms with Crippen LogP contribution in [0.25, 0.3) is 0 Å². The first-order valence-corrected chi connectivity index (χ1v) is 30.8. The molecule has 1 amide bonds. The van der Waals surface area contributed by atoms with Gasteiger partial charge in [-0.1, -0.05) is 316 Å². The van der Waals surface area contributed by atoms with Gasteiger partial charge in [-0.25, -0.2) is 0 Å². The van der Waals surface area contributed by atoms with Gasteiger partial charge in [0.1, 0.15) is 0 Å². The summed E-state index contributed by atoms with van der Waals surface area (Å²) in [5.41, 5.74) is 0. The van der Waals surface area contributed by atoms with Crippen molar-refractivity contribution in [2.45, 2.75) is 366 Å². The molecule has 0 heterocycles. The van der Waals surface area contributed by atoms with E-state index in [1.54, 1.807) is 0 Å². The molecule has 0 rings (SSSR count). The molecular formula is C61H121NO5. The second-order valence-corrected chi connectivity index (χ2v) is 21.4. The molecule has 3 N–H and O–H groups in total. The normalized spacial score (nSPS) is 12.5. The molecule has 2 atom stereocenters.